The van der Waals surface area contributed by atoms with Gasteiger partial charge in [-0.05, 0) is 24.6 Å². The quantitative estimate of drug-likeness (QED) is 0.756. The number of aliphatic carboxylic acids is 1. The molecule has 6 heteroatoms. The Kier molecular flexibility index (Phi) is 3.33. The summed E-state index contributed by atoms with van der Waals surface area (Å²) < 4.78 is 13.0. The highest BCUT2D eigenvalue weighted by Crippen LogP contribution is 2.30. The van der Waals surface area contributed by atoms with Gasteiger partial charge in [-0.25, -0.2) is 9.82 Å². The molecule has 1 aromatic rings. The predicted octanol–water partition coefficient (Wildman–Crippen LogP) is 1.72. The average Bonchev–Trinajstić information content (AvgIpc) is 2.64. The molecule has 92 valence electrons. The van der Waals surface area contributed by atoms with Crippen LogP contribution in [0.4, 0.5) is 4.39 Å². The molecule has 4 nitrogen and oxygen atoms in total. The lowest BCUT2D eigenvalue weighted by Gasteiger charge is -2.17. The number of hydrazine groups is 1. The molecule has 3 atom stereocenters. The summed E-state index contributed by atoms with van der Waals surface area (Å²) in [6.07, 6.45) is 0. The van der Waals surface area contributed by atoms with Crippen molar-refractivity contribution in [1.29, 1.82) is 0 Å². The largest absolute Gasteiger partial charge is 0.481 e. The molecule has 0 bridgehead atoms. The van der Waals surface area contributed by atoms with Crippen LogP contribution in [-0.2, 0) is 4.79 Å². The van der Waals surface area contributed by atoms with Gasteiger partial charge in [0, 0.05) is 6.04 Å². The molecule has 17 heavy (non-hydrogen) atoms. The van der Waals surface area contributed by atoms with E-state index >= 15 is 0 Å². The third-order valence-corrected chi connectivity index (χ3v) is 3.24. The maximum absolute atomic E-state index is 13.0. The molecule has 0 radical (unpaired) electrons. The number of carbonyl (C=O) groups is 1. The number of benzene rings is 1. The highest BCUT2D eigenvalue weighted by molar-refractivity contribution is 6.30. The molecular formula is C11H12ClFN2O2. The van der Waals surface area contributed by atoms with Crippen LogP contribution in [0.25, 0.3) is 0 Å². The zero-order valence-electron chi connectivity index (χ0n) is 9.08. The van der Waals surface area contributed by atoms with Gasteiger partial charge in [0.2, 0.25) is 0 Å². The van der Waals surface area contributed by atoms with E-state index in [0.29, 0.717) is 5.56 Å². The first-order valence-corrected chi connectivity index (χ1v) is 5.57. The summed E-state index contributed by atoms with van der Waals surface area (Å²) in [6.45, 7) is 1.77. The lowest BCUT2D eigenvalue weighted by atomic mass is 9.90. The number of halogens is 2. The van der Waals surface area contributed by atoms with Gasteiger partial charge < -0.3 is 5.11 Å². The van der Waals surface area contributed by atoms with Crippen molar-refractivity contribution in [2.45, 2.75) is 19.0 Å². The average molecular weight is 259 g/mol. The molecule has 0 aromatic heterocycles. The van der Waals surface area contributed by atoms with E-state index in [-0.39, 0.29) is 11.1 Å². The van der Waals surface area contributed by atoms with E-state index in [4.69, 9.17) is 16.7 Å². The second kappa shape index (κ2) is 4.60. The van der Waals surface area contributed by atoms with E-state index in [0.717, 1.165) is 0 Å². The molecule has 0 spiro atoms. The number of hydrogen-bond acceptors (Lipinski definition) is 3. The second-order valence-corrected chi connectivity index (χ2v) is 4.50. The number of rotatable bonds is 2. The van der Waals surface area contributed by atoms with Gasteiger partial charge in [-0.15, -0.1) is 0 Å². The summed E-state index contributed by atoms with van der Waals surface area (Å²) in [5.41, 5.74) is 6.41. The van der Waals surface area contributed by atoms with Crippen LogP contribution in [0, 0.1) is 11.7 Å². The molecule has 3 unspecified atom stereocenters. The molecule has 0 amide bonds. The molecule has 1 aromatic carbocycles. The molecule has 2 rings (SSSR count). The van der Waals surface area contributed by atoms with Gasteiger partial charge in [-0.3, -0.25) is 10.2 Å². The van der Waals surface area contributed by atoms with E-state index in [1.165, 1.54) is 18.2 Å². The normalized spacial score (nSPS) is 28.3. The summed E-state index contributed by atoms with van der Waals surface area (Å²) in [5, 5.41) is 9.15. The molecule has 0 saturated carbocycles. The SMILES string of the molecule is CC1NNC(c2ccc(F)c(Cl)c2)C1C(=O)O. The van der Waals surface area contributed by atoms with Crippen molar-refractivity contribution in [2.75, 3.05) is 0 Å². The lowest BCUT2D eigenvalue weighted by molar-refractivity contribution is -0.142. The van der Waals surface area contributed by atoms with Crippen molar-refractivity contribution < 1.29 is 14.3 Å². The minimum atomic E-state index is -0.902. The first-order chi connectivity index (χ1) is 8.00. The molecule has 3 N–H and O–H groups in total. The van der Waals surface area contributed by atoms with Crippen LogP contribution in [0.2, 0.25) is 5.02 Å². The summed E-state index contributed by atoms with van der Waals surface area (Å²) in [4.78, 5) is 11.2. The zero-order valence-corrected chi connectivity index (χ0v) is 9.83. The van der Waals surface area contributed by atoms with E-state index in [1.807, 2.05) is 0 Å². The van der Waals surface area contributed by atoms with Crippen molar-refractivity contribution in [3.63, 3.8) is 0 Å². The third kappa shape index (κ3) is 2.26. The number of nitrogens with one attached hydrogen (secondary N) is 2. The maximum atomic E-state index is 13.0. The molecule has 1 saturated heterocycles. The van der Waals surface area contributed by atoms with Crippen LogP contribution in [0.1, 0.15) is 18.5 Å². The minimum Gasteiger partial charge on any atom is -0.481 e. The van der Waals surface area contributed by atoms with Crippen LogP contribution < -0.4 is 10.9 Å². The maximum Gasteiger partial charge on any atom is 0.310 e. The smallest absolute Gasteiger partial charge is 0.310 e. The Balaban J connectivity index is 2.32. The molecular weight excluding hydrogens is 247 g/mol. The number of hydrogen-bond donors (Lipinski definition) is 3. The van der Waals surface area contributed by atoms with E-state index in [1.54, 1.807) is 6.92 Å². The standard InChI is InChI=1S/C11H12ClFN2O2/c1-5-9(11(16)17)10(15-14-5)6-2-3-8(13)7(12)4-6/h2-5,9-10,14-15H,1H3,(H,16,17). The predicted molar refractivity (Wildman–Crippen MR) is 61.0 cm³/mol. The van der Waals surface area contributed by atoms with Gasteiger partial charge in [0.1, 0.15) is 5.82 Å². The van der Waals surface area contributed by atoms with Crippen molar-refractivity contribution in [3.8, 4) is 0 Å². The second-order valence-electron chi connectivity index (χ2n) is 4.09. The Labute approximate surface area is 103 Å². The van der Waals surface area contributed by atoms with Gasteiger partial charge in [0.15, 0.2) is 0 Å². The Bertz CT molecular complexity index is 455. The first-order valence-electron chi connectivity index (χ1n) is 5.19. The minimum absolute atomic E-state index is 0.00649. The van der Waals surface area contributed by atoms with Crippen molar-refractivity contribution >= 4 is 17.6 Å². The van der Waals surface area contributed by atoms with Crippen molar-refractivity contribution in [3.05, 3.63) is 34.6 Å². The van der Waals surface area contributed by atoms with Crippen molar-refractivity contribution in [1.82, 2.24) is 10.9 Å². The van der Waals surface area contributed by atoms with E-state index < -0.39 is 23.7 Å². The van der Waals surface area contributed by atoms with Crippen LogP contribution in [0.3, 0.4) is 0 Å². The zero-order chi connectivity index (χ0) is 12.6. The van der Waals surface area contributed by atoms with Gasteiger partial charge in [-0.1, -0.05) is 17.7 Å². The summed E-state index contributed by atoms with van der Waals surface area (Å²) in [6, 6.07) is 3.60. The van der Waals surface area contributed by atoms with Crippen LogP contribution in [-0.4, -0.2) is 17.1 Å². The highest BCUT2D eigenvalue weighted by atomic mass is 35.5. The Morgan fingerprint density at radius 1 is 1.47 bits per heavy atom. The summed E-state index contributed by atoms with van der Waals surface area (Å²) in [7, 11) is 0. The molecule has 0 aliphatic carbocycles. The van der Waals surface area contributed by atoms with Crippen LogP contribution in [0.15, 0.2) is 18.2 Å². The Morgan fingerprint density at radius 2 is 2.18 bits per heavy atom. The third-order valence-electron chi connectivity index (χ3n) is 2.95. The van der Waals surface area contributed by atoms with E-state index in [2.05, 4.69) is 10.9 Å². The van der Waals surface area contributed by atoms with Crippen LogP contribution in [0.5, 0.6) is 0 Å². The van der Waals surface area contributed by atoms with Gasteiger partial charge in [0.05, 0.1) is 17.0 Å². The summed E-state index contributed by atoms with van der Waals surface area (Å²) >= 11 is 5.69. The molecule has 1 heterocycles. The Morgan fingerprint density at radius 3 is 2.76 bits per heavy atom. The lowest BCUT2D eigenvalue weighted by Crippen LogP contribution is -2.30. The fraction of sp³-hybridized carbons (Fsp3) is 0.364. The summed E-state index contributed by atoms with van der Waals surface area (Å²) in [5.74, 6) is -2.03. The van der Waals surface area contributed by atoms with Gasteiger partial charge >= 0.3 is 5.97 Å². The number of carboxylic acids is 1. The Hall–Kier alpha value is -1.17. The van der Waals surface area contributed by atoms with Crippen molar-refractivity contribution in [2.24, 2.45) is 5.92 Å². The first kappa shape index (κ1) is 12.3. The molecule has 1 aliphatic rings. The van der Waals surface area contributed by atoms with E-state index in [9.17, 15) is 9.18 Å². The molecule has 1 fully saturated rings. The highest BCUT2D eigenvalue weighted by Gasteiger charge is 2.39. The fourth-order valence-corrected chi connectivity index (χ4v) is 2.23. The fourth-order valence-electron chi connectivity index (χ4n) is 2.04. The number of carboxylic acid groups (broad SMARTS) is 1. The van der Waals surface area contributed by atoms with Gasteiger partial charge in [-0.2, -0.15) is 0 Å². The topological polar surface area (TPSA) is 61.4 Å². The molecule has 1 aliphatic heterocycles. The van der Waals surface area contributed by atoms with Gasteiger partial charge in [0.25, 0.3) is 0 Å². The monoisotopic (exact) mass is 258 g/mol. The van der Waals surface area contributed by atoms with Crippen LogP contribution >= 0.6 is 11.6 Å².